The highest BCUT2D eigenvalue weighted by molar-refractivity contribution is 6.31. The minimum atomic E-state index is 0.311. The van der Waals surface area contributed by atoms with Gasteiger partial charge in [-0.15, -0.1) is 0 Å². The highest BCUT2D eigenvalue weighted by atomic mass is 15.1. The summed E-state index contributed by atoms with van der Waals surface area (Å²) in [6, 6.07) is 0.311. The first-order valence-corrected chi connectivity index (χ1v) is 3.88. The first kappa shape index (κ1) is 10.1. The van der Waals surface area contributed by atoms with E-state index in [-0.39, 0.29) is 0 Å². The molecule has 0 aliphatic rings. The Morgan fingerprint density at radius 3 is 2.09 bits per heavy atom. The predicted octanol–water partition coefficient (Wildman–Crippen LogP) is 1.44. The van der Waals surface area contributed by atoms with Crippen molar-refractivity contribution in [1.29, 1.82) is 0 Å². The fourth-order valence-electron chi connectivity index (χ4n) is 0.557. The molecular weight excluding hydrogens is 138 g/mol. The summed E-state index contributed by atoms with van der Waals surface area (Å²) in [7, 11) is 0. The molecule has 0 saturated heterocycles. The molecule has 0 saturated carbocycles. The summed E-state index contributed by atoms with van der Waals surface area (Å²) in [5.41, 5.74) is 0.846. The zero-order valence-corrected chi connectivity index (χ0v) is 7.70. The maximum Gasteiger partial charge on any atom is 0.0803 e. The van der Waals surface area contributed by atoms with Gasteiger partial charge in [0.05, 0.1) is 5.71 Å². The van der Waals surface area contributed by atoms with Crippen LogP contribution in [0, 0.1) is 5.92 Å². The molecule has 0 spiro atoms. The van der Waals surface area contributed by atoms with Crippen molar-refractivity contribution >= 4 is 11.9 Å². The Hall–Kier alpha value is -0.860. The molecule has 0 aliphatic carbocycles. The van der Waals surface area contributed by atoms with Crippen molar-refractivity contribution in [2.45, 2.75) is 33.7 Å². The van der Waals surface area contributed by atoms with E-state index in [1.165, 1.54) is 0 Å². The summed E-state index contributed by atoms with van der Waals surface area (Å²) in [6.45, 7) is 8.12. The Labute approximate surface area is 68.4 Å². The fourth-order valence-corrected chi connectivity index (χ4v) is 0.557. The normalized spacial score (nSPS) is 13.8. The molecule has 0 bridgehead atoms. The van der Waals surface area contributed by atoms with Gasteiger partial charge in [0.2, 0.25) is 0 Å². The van der Waals surface area contributed by atoms with Gasteiger partial charge < -0.3 is 5.84 Å². The molecule has 64 valence electrons. The van der Waals surface area contributed by atoms with Gasteiger partial charge in [0.1, 0.15) is 0 Å². The summed E-state index contributed by atoms with van der Waals surface area (Å²) in [5.74, 6) is 5.51. The molecule has 0 aromatic carbocycles. The summed E-state index contributed by atoms with van der Waals surface area (Å²) < 4.78 is 0. The Morgan fingerprint density at radius 1 is 1.27 bits per heavy atom. The zero-order valence-electron chi connectivity index (χ0n) is 7.70. The van der Waals surface area contributed by atoms with Crippen LogP contribution >= 0.6 is 0 Å². The monoisotopic (exact) mass is 155 g/mol. The van der Waals surface area contributed by atoms with Gasteiger partial charge in [-0.1, -0.05) is 13.8 Å². The van der Waals surface area contributed by atoms with E-state index >= 15 is 0 Å². The number of nitrogens with zero attached hydrogens (tertiary/aromatic N) is 2. The molecule has 0 aromatic rings. The minimum Gasteiger partial charge on any atom is -0.323 e. The van der Waals surface area contributed by atoms with Crippen LogP contribution in [0.2, 0.25) is 0 Å². The third-order valence-electron chi connectivity index (χ3n) is 1.25. The topological polar surface area (TPSA) is 50.7 Å². The number of nitrogens with two attached hydrogens (primary N) is 1. The smallest absolute Gasteiger partial charge is 0.0803 e. The van der Waals surface area contributed by atoms with Crippen molar-refractivity contribution in [3.63, 3.8) is 0 Å². The molecule has 0 fully saturated rings. The summed E-state index contributed by atoms with van der Waals surface area (Å²) in [6.07, 6.45) is 1.75. The van der Waals surface area contributed by atoms with E-state index in [9.17, 15) is 0 Å². The van der Waals surface area contributed by atoms with Crippen molar-refractivity contribution in [2.75, 3.05) is 0 Å². The second-order valence-electron chi connectivity index (χ2n) is 3.08. The second-order valence-corrected chi connectivity index (χ2v) is 3.08. The van der Waals surface area contributed by atoms with E-state index in [0.29, 0.717) is 12.0 Å². The number of hydrogen-bond acceptors (Lipinski definition) is 3. The van der Waals surface area contributed by atoms with Gasteiger partial charge in [-0.2, -0.15) is 5.10 Å². The Bertz CT molecular complexity index is 157. The second kappa shape index (κ2) is 4.88. The molecule has 0 aliphatic heterocycles. The summed E-state index contributed by atoms with van der Waals surface area (Å²) >= 11 is 0. The average Bonchev–Trinajstić information content (AvgIpc) is 1.87. The van der Waals surface area contributed by atoms with E-state index in [0.717, 1.165) is 5.71 Å². The predicted molar refractivity (Wildman–Crippen MR) is 50.1 cm³/mol. The third kappa shape index (κ3) is 4.53. The molecule has 2 N–H and O–H groups in total. The van der Waals surface area contributed by atoms with E-state index < -0.39 is 0 Å². The Balaban J connectivity index is 4.10. The Morgan fingerprint density at radius 2 is 1.82 bits per heavy atom. The highest BCUT2D eigenvalue weighted by Gasteiger charge is 2.00. The average molecular weight is 155 g/mol. The van der Waals surface area contributed by atoms with Crippen molar-refractivity contribution in [1.82, 2.24) is 0 Å². The van der Waals surface area contributed by atoms with Gasteiger partial charge in [-0.05, 0) is 19.8 Å². The van der Waals surface area contributed by atoms with Gasteiger partial charge in [-0.3, -0.25) is 4.99 Å². The van der Waals surface area contributed by atoms with Gasteiger partial charge in [0.25, 0.3) is 0 Å². The molecule has 3 heteroatoms. The molecule has 0 atom stereocenters. The van der Waals surface area contributed by atoms with Crippen molar-refractivity contribution in [3.05, 3.63) is 0 Å². The van der Waals surface area contributed by atoms with Gasteiger partial charge in [-0.25, -0.2) is 0 Å². The largest absolute Gasteiger partial charge is 0.323 e. The van der Waals surface area contributed by atoms with Crippen LogP contribution in [0.1, 0.15) is 27.7 Å². The van der Waals surface area contributed by atoms with Gasteiger partial charge >= 0.3 is 0 Å². The highest BCUT2D eigenvalue weighted by Crippen LogP contribution is 1.94. The lowest BCUT2D eigenvalue weighted by Gasteiger charge is -2.02. The van der Waals surface area contributed by atoms with E-state index in [2.05, 4.69) is 10.1 Å². The summed E-state index contributed by atoms with van der Waals surface area (Å²) in [4.78, 5) is 4.18. The SMILES string of the molecule is CC(C)N=CC(=NN)C(C)C. The lowest BCUT2D eigenvalue weighted by Crippen LogP contribution is -2.12. The third-order valence-corrected chi connectivity index (χ3v) is 1.25. The van der Waals surface area contributed by atoms with Crippen LogP contribution in [0.4, 0.5) is 0 Å². The van der Waals surface area contributed by atoms with Gasteiger partial charge in [0.15, 0.2) is 0 Å². The quantitative estimate of drug-likeness (QED) is 0.374. The van der Waals surface area contributed by atoms with Crippen LogP contribution < -0.4 is 5.84 Å². The van der Waals surface area contributed by atoms with Crippen LogP contribution in [0.15, 0.2) is 10.1 Å². The van der Waals surface area contributed by atoms with E-state index in [1.807, 2.05) is 27.7 Å². The molecule has 0 unspecified atom stereocenters. The van der Waals surface area contributed by atoms with Crippen LogP contribution in [0.5, 0.6) is 0 Å². The molecule has 0 heterocycles. The van der Waals surface area contributed by atoms with Crippen LogP contribution in [0.25, 0.3) is 0 Å². The number of hydrazone groups is 1. The minimum absolute atomic E-state index is 0.311. The molecule has 0 radical (unpaired) electrons. The molecule has 3 nitrogen and oxygen atoms in total. The number of hydrogen-bond donors (Lipinski definition) is 1. The summed E-state index contributed by atoms with van der Waals surface area (Å²) in [5, 5.41) is 3.63. The Kier molecular flexibility index (Phi) is 4.50. The maximum atomic E-state index is 5.16. The van der Waals surface area contributed by atoms with Crippen LogP contribution in [-0.2, 0) is 0 Å². The molecule has 0 rings (SSSR count). The first-order valence-electron chi connectivity index (χ1n) is 3.88. The zero-order chi connectivity index (χ0) is 8.85. The van der Waals surface area contributed by atoms with Crippen molar-refractivity contribution < 1.29 is 0 Å². The van der Waals surface area contributed by atoms with Crippen molar-refractivity contribution in [2.24, 2.45) is 21.9 Å². The van der Waals surface area contributed by atoms with Gasteiger partial charge in [0, 0.05) is 12.3 Å². The lowest BCUT2D eigenvalue weighted by molar-refractivity contribution is 0.837. The molecule has 11 heavy (non-hydrogen) atoms. The standard InChI is InChI=1S/C8H17N3/c1-6(2)8(11-9)5-10-7(3)4/h5-7H,9H2,1-4H3. The fraction of sp³-hybridized carbons (Fsp3) is 0.750. The molecule has 0 aromatic heterocycles. The molecule has 0 amide bonds. The van der Waals surface area contributed by atoms with Crippen LogP contribution in [0.3, 0.4) is 0 Å². The maximum absolute atomic E-state index is 5.16. The number of aliphatic imine (C=N–C) groups is 1. The van der Waals surface area contributed by atoms with E-state index in [1.54, 1.807) is 6.21 Å². The number of rotatable bonds is 3. The van der Waals surface area contributed by atoms with Crippen LogP contribution in [-0.4, -0.2) is 18.0 Å². The van der Waals surface area contributed by atoms with Crippen molar-refractivity contribution in [3.8, 4) is 0 Å². The molecular formula is C8H17N3. The lowest BCUT2D eigenvalue weighted by atomic mass is 10.1. The first-order chi connectivity index (χ1) is 5.07. The van der Waals surface area contributed by atoms with E-state index in [4.69, 9.17) is 5.84 Å².